The highest BCUT2D eigenvalue weighted by Gasteiger charge is 2.14. The maximum absolute atomic E-state index is 12.9. The third-order valence-electron chi connectivity index (χ3n) is 5.32. The molecule has 34 heavy (non-hydrogen) atoms. The van der Waals surface area contributed by atoms with Gasteiger partial charge in [0.05, 0.1) is 21.6 Å². The van der Waals surface area contributed by atoms with Gasteiger partial charge in [-0.2, -0.15) is 0 Å². The van der Waals surface area contributed by atoms with E-state index in [9.17, 15) is 19.7 Å². The minimum Gasteiger partial charge on any atom is -0.322 e. The zero-order valence-electron chi connectivity index (χ0n) is 18.8. The molecule has 3 aromatic carbocycles. The Hall–Kier alpha value is -4.11. The number of benzene rings is 3. The second-order valence-corrected chi connectivity index (χ2v) is 9.11. The molecule has 8 nitrogen and oxygen atoms in total. The summed E-state index contributed by atoms with van der Waals surface area (Å²) in [6.07, 6.45) is 0.0663. The number of hydrogen-bond donors (Lipinski definition) is 2. The van der Waals surface area contributed by atoms with Crippen molar-refractivity contribution in [2.24, 2.45) is 0 Å². The lowest BCUT2D eigenvalue weighted by Gasteiger charge is -2.12. The summed E-state index contributed by atoms with van der Waals surface area (Å²) in [7, 11) is 0. The third kappa shape index (κ3) is 5.10. The highest BCUT2D eigenvalue weighted by molar-refractivity contribution is 7.22. The van der Waals surface area contributed by atoms with Gasteiger partial charge in [0.25, 0.3) is 11.6 Å². The van der Waals surface area contributed by atoms with E-state index in [2.05, 4.69) is 15.6 Å². The summed E-state index contributed by atoms with van der Waals surface area (Å²) < 4.78 is 0.774. The second-order valence-electron chi connectivity index (χ2n) is 8.08. The monoisotopic (exact) mass is 474 g/mol. The molecule has 0 atom stereocenters. The number of rotatable bonds is 6. The molecule has 0 fully saturated rings. The molecule has 9 heteroatoms. The number of amides is 2. The highest BCUT2D eigenvalue weighted by atomic mass is 32.1. The Morgan fingerprint density at radius 2 is 1.65 bits per heavy atom. The van der Waals surface area contributed by atoms with Crippen LogP contribution >= 0.6 is 11.3 Å². The topological polar surface area (TPSA) is 114 Å². The molecule has 0 aliphatic heterocycles. The first-order valence-corrected chi connectivity index (χ1v) is 11.3. The fraction of sp³-hybridized carbons (Fsp3) is 0.160. The predicted octanol–water partition coefficient (Wildman–Crippen LogP) is 5.56. The maximum Gasteiger partial charge on any atom is 0.269 e. The Morgan fingerprint density at radius 1 is 0.971 bits per heavy atom. The Bertz CT molecular complexity index is 1400. The van der Waals surface area contributed by atoms with Crippen LogP contribution in [0.5, 0.6) is 0 Å². The smallest absolute Gasteiger partial charge is 0.269 e. The Labute approximate surface area is 199 Å². The molecule has 1 heterocycles. The van der Waals surface area contributed by atoms with Gasteiger partial charge in [-0.3, -0.25) is 19.7 Å². The molecule has 172 valence electrons. The van der Waals surface area contributed by atoms with Crippen molar-refractivity contribution in [2.45, 2.75) is 27.2 Å². The number of anilines is 2. The number of carbonyl (C=O) groups excluding carboxylic acids is 2. The summed E-state index contributed by atoms with van der Waals surface area (Å²) in [5.74, 6) is -0.495. The summed E-state index contributed by atoms with van der Waals surface area (Å²) in [6.45, 7) is 5.95. The molecular formula is C25H22N4O4S. The van der Waals surface area contributed by atoms with Crippen LogP contribution in [0.25, 0.3) is 10.2 Å². The van der Waals surface area contributed by atoms with Gasteiger partial charge in [-0.15, -0.1) is 0 Å². The van der Waals surface area contributed by atoms with Crippen LogP contribution in [0.3, 0.4) is 0 Å². The van der Waals surface area contributed by atoms with E-state index in [1.54, 1.807) is 30.3 Å². The fourth-order valence-electron chi connectivity index (χ4n) is 3.77. The van der Waals surface area contributed by atoms with E-state index in [1.165, 1.54) is 23.5 Å². The standard InChI is InChI=1S/C25H22N4O4S/c1-14-10-15(2)23(16(3)11-14)28-24(31)18-6-9-20-21(13-18)34-25(26-20)27-22(30)12-17-4-7-19(8-5-17)29(32)33/h4-11,13H,12H2,1-3H3,(H,28,31)(H,26,27,30). The Balaban J connectivity index is 1.46. The molecule has 0 saturated heterocycles. The Kier molecular flexibility index (Phi) is 6.38. The van der Waals surface area contributed by atoms with Gasteiger partial charge in [-0.1, -0.05) is 41.2 Å². The molecule has 4 aromatic rings. The maximum atomic E-state index is 12.9. The summed E-state index contributed by atoms with van der Waals surface area (Å²) in [5.41, 5.74) is 5.76. The van der Waals surface area contributed by atoms with Gasteiger partial charge >= 0.3 is 0 Å². The van der Waals surface area contributed by atoms with Crippen LogP contribution in [-0.4, -0.2) is 21.7 Å². The molecule has 0 saturated carbocycles. The Morgan fingerprint density at radius 3 is 2.29 bits per heavy atom. The molecule has 1 aromatic heterocycles. The molecule has 0 aliphatic rings. The number of aryl methyl sites for hydroxylation is 3. The summed E-state index contributed by atoms with van der Waals surface area (Å²) in [6, 6.07) is 15.1. The van der Waals surface area contributed by atoms with Gasteiger partial charge < -0.3 is 10.6 Å². The fourth-order valence-corrected chi connectivity index (χ4v) is 4.69. The molecule has 0 aliphatic carbocycles. The van der Waals surface area contributed by atoms with Gasteiger partial charge in [-0.05, 0) is 55.7 Å². The number of hydrogen-bond acceptors (Lipinski definition) is 6. The van der Waals surface area contributed by atoms with Gasteiger partial charge in [0.2, 0.25) is 5.91 Å². The molecule has 0 spiro atoms. The molecule has 0 unspecified atom stereocenters. The molecule has 0 radical (unpaired) electrons. The van der Waals surface area contributed by atoms with Crippen LogP contribution in [0.4, 0.5) is 16.5 Å². The first kappa shape index (κ1) is 23.1. The molecular weight excluding hydrogens is 452 g/mol. The zero-order valence-corrected chi connectivity index (χ0v) is 19.7. The number of nitro benzene ring substituents is 1. The zero-order chi connectivity index (χ0) is 24.4. The molecule has 2 N–H and O–H groups in total. The van der Waals surface area contributed by atoms with E-state index in [-0.39, 0.29) is 23.9 Å². The first-order chi connectivity index (χ1) is 16.2. The van der Waals surface area contributed by atoms with Crippen molar-refractivity contribution in [3.63, 3.8) is 0 Å². The van der Waals surface area contributed by atoms with E-state index < -0.39 is 4.92 Å². The minimum absolute atomic E-state index is 0.0251. The van der Waals surface area contributed by atoms with E-state index in [0.29, 0.717) is 21.8 Å². The number of non-ortho nitro benzene ring substituents is 1. The van der Waals surface area contributed by atoms with Crippen LogP contribution in [0.2, 0.25) is 0 Å². The lowest BCUT2D eigenvalue weighted by Crippen LogP contribution is -2.14. The van der Waals surface area contributed by atoms with Crippen molar-refractivity contribution in [3.05, 3.63) is 92.5 Å². The number of carbonyl (C=O) groups is 2. The lowest BCUT2D eigenvalue weighted by molar-refractivity contribution is -0.384. The first-order valence-electron chi connectivity index (χ1n) is 10.5. The van der Waals surface area contributed by atoms with Crippen LogP contribution in [0.15, 0.2) is 54.6 Å². The molecule has 4 rings (SSSR count). The van der Waals surface area contributed by atoms with Crippen LogP contribution in [-0.2, 0) is 11.2 Å². The summed E-state index contributed by atoms with van der Waals surface area (Å²) in [5, 5.41) is 16.9. The third-order valence-corrected chi connectivity index (χ3v) is 6.26. The number of nitrogens with zero attached hydrogens (tertiary/aromatic N) is 2. The van der Waals surface area contributed by atoms with Crippen molar-refractivity contribution >= 4 is 49.9 Å². The van der Waals surface area contributed by atoms with E-state index >= 15 is 0 Å². The number of aromatic nitrogens is 1. The second kappa shape index (κ2) is 9.40. The number of fused-ring (bicyclic) bond motifs is 1. The average Bonchev–Trinajstić information content (AvgIpc) is 3.17. The SMILES string of the molecule is Cc1cc(C)c(NC(=O)c2ccc3nc(NC(=O)Cc4ccc([N+](=O)[O-])cc4)sc3c2)c(C)c1. The van der Waals surface area contributed by atoms with Crippen molar-refractivity contribution < 1.29 is 14.5 Å². The van der Waals surface area contributed by atoms with Crippen molar-refractivity contribution in [1.82, 2.24) is 4.98 Å². The van der Waals surface area contributed by atoms with Crippen molar-refractivity contribution in [2.75, 3.05) is 10.6 Å². The number of thiazole rings is 1. The number of nitro groups is 1. The van der Waals surface area contributed by atoms with Gasteiger partial charge in [0, 0.05) is 23.4 Å². The largest absolute Gasteiger partial charge is 0.322 e. The predicted molar refractivity (Wildman–Crippen MR) is 134 cm³/mol. The van der Waals surface area contributed by atoms with Crippen molar-refractivity contribution in [3.8, 4) is 0 Å². The quantitative estimate of drug-likeness (QED) is 0.280. The molecule has 0 bridgehead atoms. The van der Waals surface area contributed by atoms with Gasteiger partial charge in [-0.25, -0.2) is 4.98 Å². The van der Waals surface area contributed by atoms with Crippen LogP contribution < -0.4 is 10.6 Å². The van der Waals surface area contributed by atoms with Crippen LogP contribution in [0, 0.1) is 30.9 Å². The number of nitrogens with one attached hydrogen (secondary N) is 2. The van der Waals surface area contributed by atoms with E-state index in [1.807, 2.05) is 32.9 Å². The van der Waals surface area contributed by atoms with Gasteiger partial charge in [0.1, 0.15) is 0 Å². The summed E-state index contributed by atoms with van der Waals surface area (Å²) in [4.78, 5) is 40.0. The van der Waals surface area contributed by atoms with E-state index in [0.717, 1.165) is 27.1 Å². The summed E-state index contributed by atoms with van der Waals surface area (Å²) >= 11 is 1.28. The minimum atomic E-state index is -0.484. The van der Waals surface area contributed by atoms with Crippen LogP contribution in [0.1, 0.15) is 32.6 Å². The average molecular weight is 475 g/mol. The highest BCUT2D eigenvalue weighted by Crippen LogP contribution is 2.28. The molecule has 2 amide bonds. The lowest BCUT2D eigenvalue weighted by atomic mass is 10.0. The normalized spacial score (nSPS) is 10.8. The van der Waals surface area contributed by atoms with Gasteiger partial charge in [0.15, 0.2) is 5.13 Å². The van der Waals surface area contributed by atoms with E-state index in [4.69, 9.17) is 0 Å². The van der Waals surface area contributed by atoms with Crippen molar-refractivity contribution in [1.29, 1.82) is 0 Å².